The Kier molecular flexibility index (Phi) is 1.76. The zero-order chi connectivity index (χ0) is 7.78. The zero-order valence-corrected chi connectivity index (χ0v) is 5.01. The van der Waals surface area contributed by atoms with Gasteiger partial charge in [-0.3, -0.25) is 0 Å². The van der Waals surface area contributed by atoms with Crippen LogP contribution < -0.4 is 0 Å². The fraction of sp³-hybridized carbons (Fsp3) is 0.600. The molecule has 0 fully saturated rings. The fourth-order valence-corrected chi connectivity index (χ4v) is 0.639. The standard InChI is InChI=1S/C5H8O5/c6-3-1-2-5(9,10-3)4(7)8/h1-4,6-9H/t3-,5+/m1/s1. The molecule has 0 aromatic heterocycles. The first-order valence-electron chi connectivity index (χ1n) is 2.68. The lowest BCUT2D eigenvalue weighted by atomic mass is 10.3. The minimum atomic E-state index is -2.15. The third-order valence-electron chi connectivity index (χ3n) is 1.18. The van der Waals surface area contributed by atoms with Crippen molar-refractivity contribution in [1.82, 2.24) is 0 Å². The van der Waals surface area contributed by atoms with Crippen LogP contribution in [0.2, 0.25) is 0 Å². The van der Waals surface area contributed by atoms with Crippen molar-refractivity contribution in [2.24, 2.45) is 0 Å². The van der Waals surface area contributed by atoms with E-state index in [1.165, 1.54) is 0 Å². The lowest BCUT2D eigenvalue weighted by molar-refractivity contribution is -0.307. The molecule has 0 radical (unpaired) electrons. The van der Waals surface area contributed by atoms with Crippen molar-refractivity contribution in [3.8, 4) is 0 Å². The summed E-state index contributed by atoms with van der Waals surface area (Å²) in [4.78, 5) is 0. The summed E-state index contributed by atoms with van der Waals surface area (Å²) in [6, 6.07) is 0. The van der Waals surface area contributed by atoms with E-state index < -0.39 is 18.4 Å². The Balaban J connectivity index is 2.65. The lowest BCUT2D eigenvalue weighted by Gasteiger charge is -2.22. The third-order valence-corrected chi connectivity index (χ3v) is 1.18. The van der Waals surface area contributed by atoms with E-state index in [2.05, 4.69) is 4.74 Å². The van der Waals surface area contributed by atoms with Crippen LogP contribution in [0.3, 0.4) is 0 Å². The molecule has 58 valence electrons. The van der Waals surface area contributed by atoms with Crippen LogP contribution in [0.5, 0.6) is 0 Å². The highest BCUT2D eigenvalue weighted by molar-refractivity contribution is 5.04. The van der Waals surface area contributed by atoms with Gasteiger partial charge in [0.1, 0.15) is 0 Å². The molecule has 0 amide bonds. The van der Waals surface area contributed by atoms with Crippen molar-refractivity contribution >= 4 is 0 Å². The Morgan fingerprint density at radius 1 is 1.50 bits per heavy atom. The van der Waals surface area contributed by atoms with Crippen molar-refractivity contribution in [3.05, 3.63) is 12.2 Å². The first-order chi connectivity index (χ1) is 4.54. The maximum absolute atomic E-state index is 8.97. The summed E-state index contributed by atoms with van der Waals surface area (Å²) in [5, 5.41) is 34.5. The molecule has 5 nitrogen and oxygen atoms in total. The van der Waals surface area contributed by atoms with Crippen LogP contribution in [0.25, 0.3) is 0 Å². The van der Waals surface area contributed by atoms with Gasteiger partial charge in [0.2, 0.25) is 12.1 Å². The monoisotopic (exact) mass is 148 g/mol. The molecule has 1 heterocycles. The Hall–Kier alpha value is -0.460. The number of hydrogen-bond acceptors (Lipinski definition) is 5. The van der Waals surface area contributed by atoms with E-state index in [0.717, 1.165) is 12.2 Å². The van der Waals surface area contributed by atoms with Gasteiger partial charge in [-0.25, -0.2) is 0 Å². The van der Waals surface area contributed by atoms with Crippen molar-refractivity contribution < 1.29 is 25.2 Å². The van der Waals surface area contributed by atoms with Crippen LogP contribution in [-0.4, -0.2) is 38.8 Å². The normalized spacial score (nSPS) is 39.5. The quantitative estimate of drug-likeness (QED) is 0.252. The van der Waals surface area contributed by atoms with Gasteiger partial charge in [0.15, 0.2) is 6.29 Å². The number of aliphatic hydroxyl groups excluding tert-OH is 2. The van der Waals surface area contributed by atoms with Gasteiger partial charge in [0.25, 0.3) is 0 Å². The second-order valence-electron chi connectivity index (χ2n) is 1.99. The van der Waals surface area contributed by atoms with Crippen molar-refractivity contribution in [2.75, 3.05) is 0 Å². The summed E-state index contributed by atoms with van der Waals surface area (Å²) >= 11 is 0. The number of hydrogen-bond donors (Lipinski definition) is 4. The van der Waals surface area contributed by atoms with Gasteiger partial charge >= 0.3 is 0 Å². The van der Waals surface area contributed by atoms with E-state index in [9.17, 15) is 0 Å². The minimum Gasteiger partial charge on any atom is -0.365 e. The van der Waals surface area contributed by atoms with E-state index in [1.54, 1.807) is 0 Å². The molecule has 4 N–H and O–H groups in total. The van der Waals surface area contributed by atoms with Gasteiger partial charge < -0.3 is 25.2 Å². The van der Waals surface area contributed by atoms with E-state index >= 15 is 0 Å². The molecule has 10 heavy (non-hydrogen) atoms. The molecule has 0 aromatic rings. The molecule has 0 bridgehead atoms. The van der Waals surface area contributed by atoms with E-state index in [1.807, 2.05) is 0 Å². The zero-order valence-electron chi connectivity index (χ0n) is 5.01. The first-order valence-corrected chi connectivity index (χ1v) is 2.68. The molecule has 0 spiro atoms. The van der Waals surface area contributed by atoms with E-state index in [0.29, 0.717) is 0 Å². The minimum absolute atomic E-state index is 0.975. The maximum Gasteiger partial charge on any atom is 0.240 e. The van der Waals surface area contributed by atoms with E-state index in [4.69, 9.17) is 20.4 Å². The Morgan fingerprint density at radius 3 is 2.30 bits per heavy atom. The SMILES string of the molecule is OC(O)[C@]1(O)C=C[C@H](O)O1. The molecule has 0 aromatic carbocycles. The summed E-state index contributed by atoms with van der Waals surface area (Å²) in [5.74, 6) is -2.15. The smallest absolute Gasteiger partial charge is 0.240 e. The third kappa shape index (κ3) is 1.18. The molecule has 1 rings (SSSR count). The van der Waals surface area contributed by atoms with Crippen LogP contribution in [-0.2, 0) is 4.74 Å². The molecule has 0 saturated carbocycles. The summed E-state index contributed by atoms with van der Waals surface area (Å²) < 4.78 is 4.31. The topological polar surface area (TPSA) is 90.2 Å². The average molecular weight is 148 g/mol. The number of ether oxygens (including phenoxy) is 1. The highest BCUT2D eigenvalue weighted by atomic mass is 16.7. The predicted octanol–water partition coefficient (Wildman–Crippen LogP) is -2.11. The number of rotatable bonds is 1. The van der Waals surface area contributed by atoms with Crippen LogP contribution >= 0.6 is 0 Å². The van der Waals surface area contributed by atoms with Crippen molar-refractivity contribution in [1.29, 1.82) is 0 Å². The van der Waals surface area contributed by atoms with Gasteiger partial charge in [-0.05, 0) is 12.2 Å². The summed E-state index contributed by atoms with van der Waals surface area (Å²) in [6.07, 6.45) is -1.23. The second kappa shape index (κ2) is 2.30. The first kappa shape index (κ1) is 7.64. The van der Waals surface area contributed by atoms with Gasteiger partial charge in [0.05, 0.1) is 0 Å². The molecule has 5 heteroatoms. The fourth-order valence-electron chi connectivity index (χ4n) is 0.639. The molecule has 0 aliphatic carbocycles. The molecule has 1 aliphatic rings. The van der Waals surface area contributed by atoms with Crippen molar-refractivity contribution in [3.63, 3.8) is 0 Å². The van der Waals surface area contributed by atoms with Gasteiger partial charge in [0, 0.05) is 0 Å². The summed E-state index contributed by atoms with van der Waals surface area (Å²) in [6.45, 7) is 0. The summed E-state index contributed by atoms with van der Waals surface area (Å²) in [7, 11) is 0. The Bertz CT molecular complexity index is 154. The highest BCUT2D eigenvalue weighted by Gasteiger charge is 2.39. The lowest BCUT2D eigenvalue weighted by Crippen LogP contribution is -2.42. The highest BCUT2D eigenvalue weighted by Crippen LogP contribution is 2.21. The predicted molar refractivity (Wildman–Crippen MR) is 29.4 cm³/mol. The van der Waals surface area contributed by atoms with Gasteiger partial charge in [-0.2, -0.15) is 0 Å². The number of aliphatic hydroxyl groups is 4. The molecular formula is C5H8O5. The summed E-state index contributed by atoms with van der Waals surface area (Å²) in [5.41, 5.74) is 0. The van der Waals surface area contributed by atoms with E-state index in [-0.39, 0.29) is 0 Å². The molecule has 0 saturated heterocycles. The molecular weight excluding hydrogens is 140 g/mol. The van der Waals surface area contributed by atoms with Gasteiger partial charge in [-0.1, -0.05) is 0 Å². The van der Waals surface area contributed by atoms with Crippen LogP contribution in [0, 0.1) is 0 Å². The van der Waals surface area contributed by atoms with Gasteiger partial charge in [-0.15, -0.1) is 0 Å². The molecule has 2 atom stereocenters. The van der Waals surface area contributed by atoms with Crippen LogP contribution in [0.4, 0.5) is 0 Å². The van der Waals surface area contributed by atoms with Crippen molar-refractivity contribution in [2.45, 2.75) is 18.4 Å². The van der Waals surface area contributed by atoms with Crippen LogP contribution in [0.1, 0.15) is 0 Å². The molecule has 0 unspecified atom stereocenters. The van der Waals surface area contributed by atoms with Crippen LogP contribution in [0.15, 0.2) is 12.2 Å². The Morgan fingerprint density at radius 2 is 2.10 bits per heavy atom. The Labute approximate surface area is 56.8 Å². The maximum atomic E-state index is 8.97. The molecule has 1 aliphatic heterocycles. The second-order valence-corrected chi connectivity index (χ2v) is 1.99. The largest absolute Gasteiger partial charge is 0.365 e. The average Bonchev–Trinajstić information content (AvgIpc) is 2.13.